The van der Waals surface area contributed by atoms with Crippen LogP contribution in [0.25, 0.3) is 0 Å². The molecule has 2 rings (SSSR count). The van der Waals surface area contributed by atoms with E-state index in [1.807, 2.05) is 18.3 Å². The maximum atomic E-state index is 8.92. The summed E-state index contributed by atoms with van der Waals surface area (Å²) in [6.45, 7) is 2.58. The number of nitrogens with zero attached hydrogens (tertiary/aromatic N) is 1. The maximum Gasteiger partial charge on any atom is 0.116 e. The number of nitriles is 1. The molecule has 74 valence electrons. The van der Waals surface area contributed by atoms with Crippen LogP contribution in [-0.2, 0) is 11.3 Å². The van der Waals surface area contributed by atoms with Gasteiger partial charge in [-0.25, -0.2) is 0 Å². The predicted molar refractivity (Wildman–Crippen MR) is 51.4 cm³/mol. The Labute approximate surface area is 82.9 Å². The van der Waals surface area contributed by atoms with Crippen molar-refractivity contribution in [2.45, 2.75) is 6.54 Å². The molecular formula is C10H13N3O. The standard InChI is InChI=1S/C10H13N3O/c11-5-10(7-14-8-10)6-12-4-9-2-1-3-13-9/h1-3,12-13H,4,6-8H2. The summed E-state index contributed by atoms with van der Waals surface area (Å²) < 4.78 is 5.05. The number of hydrogen-bond acceptors (Lipinski definition) is 3. The van der Waals surface area contributed by atoms with Gasteiger partial charge >= 0.3 is 0 Å². The van der Waals surface area contributed by atoms with E-state index < -0.39 is 0 Å². The van der Waals surface area contributed by atoms with E-state index in [1.54, 1.807) is 0 Å². The summed E-state index contributed by atoms with van der Waals surface area (Å²) in [4.78, 5) is 3.10. The number of ether oxygens (including phenoxy) is 1. The summed E-state index contributed by atoms with van der Waals surface area (Å²) in [5, 5.41) is 12.2. The van der Waals surface area contributed by atoms with Crippen LogP contribution in [0.2, 0.25) is 0 Å². The van der Waals surface area contributed by atoms with Crippen molar-refractivity contribution in [3.8, 4) is 6.07 Å². The Kier molecular flexibility index (Phi) is 2.53. The van der Waals surface area contributed by atoms with Gasteiger partial charge in [0.2, 0.25) is 0 Å². The van der Waals surface area contributed by atoms with Crippen molar-refractivity contribution in [2.75, 3.05) is 19.8 Å². The SMILES string of the molecule is N#CC1(CNCc2ccc[nH]2)COC1. The van der Waals surface area contributed by atoms with E-state index in [2.05, 4.69) is 16.4 Å². The molecule has 0 saturated carbocycles. The fourth-order valence-corrected chi connectivity index (χ4v) is 1.47. The molecule has 1 aromatic heterocycles. The van der Waals surface area contributed by atoms with Crippen molar-refractivity contribution in [3.63, 3.8) is 0 Å². The van der Waals surface area contributed by atoms with Crippen molar-refractivity contribution in [2.24, 2.45) is 5.41 Å². The lowest BCUT2D eigenvalue weighted by Crippen LogP contribution is -2.48. The van der Waals surface area contributed by atoms with Gasteiger partial charge in [-0.3, -0.25) is 0 Å². The highest BCUT2D eigenvalue weighted by atomic mass is 16.5. The monoisotopic (exact) mass is 191 g/mol. The van der Waals surface area contributed by atoms with E-state index in [0.29, 0.717) is 19.8 Å². The van der Waals surface area contributed by atoms with Crippen LogP contribution in [0.15, 0.2) is 18.3 Å². The predicted octanol–water partition coefficient (Wildman–Crippen LogP) is 0.644. The van der Waals surface area contributed by atoms with Gasteiger partial charge in [0.15, 0.2) is 0 Å². The number of hydrogen-bond donors (Lipinski definition) is 2. The molecule has 0 unspecified atom stereocenters. The maximum absolute atomic E-state index is 8.92. The van der Waals surface area contributed by atoms with Crippen molar-refractivity contribution in [3.05, 3.63) is 24.0 Å². The van der Waals surface area contributed by atoms with Crippen LogP contribution in [0.5, 0.6) is 0 Å². The summed E-state index contributed by atoms with van der Waals surface area (Å²) >= 11 is 0. The normalized spacial score (nSPS) is 18.5. The van der Waals surface area contributed by atoms with E-state index in [0.717, 1.165) is 12.2 Å². The smallest absolute Gasteiger partial charge is 0.116 e. The summed E-state index contributed by atoms with van der Waals surface area (Å²) in [5.74, 6) is 0. The van der Waals surface area contributed by atoms with Gasteiger partial charge in [0.05, 0.1) is 19.3 Å². The van der Waals surface area contributed by atoms with Gasteiger partial charge in [0.25, 0.3) is 0 Å². The Morgan fingerprint density at radius 3 is 3.00 bits per heavy atom. The third kappa shape index (κ3) is 1.79. The molecule has 0 amide bonds. The highest BCUT2D eigenvalue weighted by Gasteiger charge is 2.38. The summed E-state index contributed by atoms with van der Waals surface area (Å²) in [5.41, 5.74) is 0.852. The van der Waals surface area contributed by atoms with Crippen LogP contribution in [0.3, 0.4) is 0 Å². The second kappa shape index (κ2) is 3.82. The lowest BCUT2D eigenvalue weighted by molar-refractivity contribution is -0.0755. The van der Waals surface area contributed by atoms with E-state index in [-0.39, 0.29) is 5.41 Å². The van der Waals surface area contributed by atoms with Crippen LogP contribution >= 0.6 is 0 Å². The van der Waals surface area contributed by atoms with Gasteiger partial charge < -0.3 is 15.0 Å². The molecular weight excluding hydrogens is 178 g/mol. The van der Waals surface area contributed by atoms with Gasteiger partial charge in [0.1, 0.15) is 5.41 Å². The molecule has 1 aliphatic heterocycles. The first kappa shape index (κ1) is 9.25. The minimum absolute atomic E-state index is 0.285. The molecule has 0 atom stereocenters. The van der Waals surface area contributed by atoms with Gasteiger partial charge in [-0.05, 0) is 12.1 Å². The van der Waals surface area contributed by atoms with Crippen LogP contribution in [0.4, 0.5) is 0 Å². The molecule has 0 radical (unpaired) electrons. The largest absolute Gasteiger partial charge is 0.378 e. The molecule has 1 aromatic rings. The highest BCUT2D eigenvalue weighted by Crippen LogP contribution is 2.25. The van der Waals surface area contributed by atoms with Crippen LogP contribution in [0.1, 0.15) is 5.69 Å². The molecule has 2 N–H and O–H groups in total. The molecule has 0 spiro atoms. The van der Waals surface area contributed by atoms with Gasteiger partial charge in [0, 0.05) is 25.0 Å². The average molecular weight is 191 g/mol. The van der Waals surface area contributed by atoms with Gasteiger partial charge in [-0.1, -0.05) is 0 Å². The molecule has 0 aliphatic carbocycles. The molecule has 4 nitrogen and oxygen atoms in total. The summed E-state index contributed by atoms with van der Waals surface area (Å²) in [6, 6.07) is 6.28. The highest BCUT2D eigenvalue weighted by molar-refractivity contribution is 5.07. The summed E-state index contributed by atoms with van der Waals surface area (Å²) in [7, 11) is 0. The lowest BCUT2D eigenvalue weighted by atomic mass is 9.88. The Morgan fingerprint density at radius 1 is 1.64 bits per heavy atom. The molecule has 1 saturated heterocycles. The molecule has 14 heavy (non-hydrogen) atoms. The molecule has 1 fully saturated rings. The van der Waals surface area contributed by atoms with Crippen molar-refractivity contribution in [1.82, 2.24) is 10.3 Å². The Balaban J connectivity index is 1.75. The van der Waals surface area contributed by atoms with Crippen molar-refractivity contribution >= 4 is 0 Å². The van der Waals surface area contributed by atoms with Gasteiger partial charge in [-0.2, -0.15) is 5.26 Å². The van der Waals surface area contributed by atoms with Gasteiger partial charge in [-0.15, -0.1) is 0 Å². The zero-order chi connectivity index (χ0) is 9.86. The molecule has 2 heterocycles. The summed E-state index contributed by atoms with van der Waals surface area (Å²) in [6.07, 6.45) is 1.89. The molecule has 4 heteroatoms. The number of nitrogens with one attached hydrogen (secondary N) is 2. The van der Waals surface area contributed by atoms with E-state index in [9.17, 15) is 0 Å². The number of rotatable bonds is 4. The Bertz CT molecular complexity index is 322. The van der Waals surface area contributed by atoms with E-state index >= 15 is 0 Å². The van der Waals surface area contributed by atoms with E-state index in [1.165, 1.54) is 0 Å². The van der Waals surface area contributed by atoms with Crippen molar-refractivity contribution in [1.29, 1.82) is 5.26 Å². The van der Waals surface area contributed by atoms with Crippen molar-refractivity contribution < 1.29 is 4.74 Å². The number of H-pyrrole nitrogens is 1. The van der Waals surface area contributed by atoms with Crippen LogP contribution < -0.4 is 5.32 Å². The third-order valence-corrected chi connectivity index (χ3v) is 2.44. The Morgan fingerprint density at radius 2 is 2.50 bits per heavy atom. The zero-order valence-corrected chi connectivity index (χ0v) is 7.92. The minimum Gasteiger partial charge on any atom is -0.378 e. The lowest BCUT2D eigenvalue weighted by Gasteiger charge is -2.35. The first-order chi connectivity index (χ1) is 6.85. The fraction of sp³-hybridized carbons (Fsp3) is 0.500. The topological polar surface area (TPSA) is 60.8 Å². The first-order valence-corrected chi connectivity index (χ1v) is 4.67. The second-order valence-corrected chi connectivity index (χ2v) is 3.68. The second-order valence-electron chi connectivity index (χ2n) is 3.68. The quantitative estimate of drug-likeness (QED) is 0.734. The number of aromatic amines is 1. The first-order valence-electron chi connectivity index (χ1n) is 4.67. The minimum atomic E-state index is -0.285. The van der Waals surface area contributed by atoms with Crippen LogP contribution in [0, 0.1) is 16.7 Å². The number of aromatic nitrogens is 1. The Hall–Kier alpha value is -1.31. The molecule has 0 bridgehead atoms. The van der Waals surface area contributed by atoms with E-state index in [4.69, 9.17) is 10.00 Å². The zero-order valence-electron chi connectivity index (χ0n) is 7.92. The average Bonchev–Trinajstić information content (AvgIpc) is 2.62. The molecule has 0 aromatic carbocycles. The third-order valence-electron chi connectivity index (χ3n) is 2.44. The van der Waals surface area contributed by atoms with Crippen LogP contribution in [-0.4, -0.2) is 24.7 Å². The molecule has 1 aliphatic rings. The fourth-order valence-electron chi connectivity index (χ4n) is 1.47.